The van der Waals surface area contributed by atoms with E-state index in [0.717, 1.165) is 0 Å². The zero-order valence-corrected chi connectivity index (χ0v) is 20.2. The second kappa shape index (κ2) is 15.9. The van der Waals surface area contributed by atoms with Gasteiger partial charge in [0.2, 0.25) is 0 Å². The number of carbonyl (C=O) groups is 2. The monoisotopic (exact) mass is 481 g/mol. The molecule has 1 rings (SSSR count). The van der Waals surface area contributed by atoms with Gasteiger partial charge in [0.1, 0.15) is 10.5 Å². The Hall–Kier alpha value is -2.80. The number of ether oxygens (including phenoxy) is 1. The Morgan fingerprint density at radius 3 is 2.28 bits per heavy atom. The number of carbonyl (C=O) groups excluding carboxylic acids is 2. The lowest BCUT2D eigenvalue weighted by Gasteiger charge is -2.15. The molecule has 0 saturated heterocycles. The van der Waals surface area contributed by atoms with Crippen molar-refractivity contribution in [1.82, 2.24) is 5.32 Å². The van der Waals surface area contributed by atoms with Crippen molar-refractivity contribution in [1.29, 1.82) is 0 Å². The van der Waals surface area contributed by atoms with Gasteiger partial charge in [-0.25, -0.2) is 5.21 Å². The Kier molecular flexibility index (Phi) is 15.6. The van der Waals surface area contributed by atoms with Crippen LogP contribution in [0, 0.1) is 10.3 Å². The van der Waals surface area contributed by atoms with Crippen LogP contribution >= 0.6 is 0 Å². The molecule has 184 valence electrons. The fourth-order valence-corrected chi connectivity index (χ4v) is 1.76. The molecule has 0 fully saturated rings. The summed E-state index contributed by atoms with van der Waals surface area (Å²) in [5.41, 5.74) is 0.201. The molecule has 0 aliphatic carbocycles. The Bertz CT molecular complexity index is 822. The Balaban J connectivity index is 0. The summed E-state index contributed by atoms with van der Waals surface area (Å²) < 4.78 is 33.6. The third-order valence-electron chi connectivity index (χ3n) is 3.12. The number of hydrogen-bond acceptors (Lipinski definition) is 7. The quantitative estimate of drug-likeness (QED) is 0.156. The first-order valence-electron chi connectivity index (χ1n) is 9.90. The lowest BCUT2D eigenvalue weighted by atomic mass is 9.93. The summed E-state index contributed by atoms with van der Waals surface area (Å²) in [5, 5.41) is 10.1. The first kappa shape index (κ1) is 31.4. The molecule has 1 aromatic rings. The van der Waals surface area contributed by atoms with E-state index in [0.29, 0.717) is 12.0 Å². The molecule has 1 amide bonds. The number of nitrogens with zero attached hydrogens (tertiary/aromatic N) is 2. The van der Waals surface area contributed by atoms with Crippen molar-refractivity contribution in [2.75, 3.05) is 18.9 Å². The zero-order chi connectivity index (χ0) is 25.4. The van der Waals surface area contributed by atoms with Crippen molar-refractivity contribution in [3.8, 4) is 0 Å². The third-order valence-corrected chi connectivity index (χ3v) is 3.85. The maximum absolute atomic E-state index is 11.9. The molecule has 3 N–H and O–H groups in total. The molecule has 32 heavy (non-hydrogen) atoms. The van der Waals surface area contributed by atoms with Crippen LogP contribution in [0.5, 0.6) is 0 Å². The van der Waals surface area contributed by atoms with Gasteiger partial charge in [0.15, 0.2) is 19.0 Å². The molecule has 0 atom stereocenters. The van der Waals surface area contributed by atoms with Crippen LogP contribution in [-0.4, -0.2) is 54.0 Å². The molecule has 0 aromatic carbocycles. The fraction of sp³-hybridized carbons (Fsp3) is 0.632. The molecule has 0 saturated carbocycles. The highest BCUT2D eigenvalue weighted by Gasteiger charge is 2.18. The van der Waals surface area contributed by atoms with E-state index in [1.54, 1.807) is 22.9 Å². The van der Waals surface area contributed by atoms with Crippen LogP contribution in [0.3, 0.4) is 0 Å². The minimum atomic E-state index is -3.66. The van der Waals surface area contributed by atoms with Gasteiger partial charge in [-0.3, -0.25) is 14.1 Å². The summed E-state index contributed by atoms with van der Waals surface area (Å²) in [4.78, 5) is 37.9. The van der Waals surface area contributed by atoms with E-state index in [2.05, 4.69) is 10.2 Å². The van der Waals surface area contributed by atoms with Gasteiger partial charge in [-0.2, -0.15) is 17.8 Å². The van der Waals surface area contributed by atoms with E-state index in [1.807, 2.05) is 34.6 Å². The molecular weight excluding hydrogens is 446 g/mol. The van der Waals surface area contributed by atoms with Gasteiger partial charge in [0, 0.05) is 6.07 Å². The highest BCUT2D eigenvalue weighted by molar-refractivity contribution is 7.85. The van der Waals surface area contributed by atoms with Crippen molar-refractivity contribution in [3.05, 3.63) is 35.0 Å². The van der Waals surface area contributed by atoms with Crippen LogP contribution in [0.2, 0.25) is 0 Å². The van der Waals surface area contributed by atoms with Crippen LogP contribution in [0.1, 0.15) is 58.3 Å². The largest absolute Gasteiger partial charge is 0.475 e. The highest BCUT2D eigenvalue weighted by Crippen LogP contribution is 2.18. The van der Waals surface area contributed by atoms with Crippen LogP contribution in [0.25, 0.3) is 0 Å². The average Bonchev–Trinajstić information content (AvgIpc) is 2.70. The number of hydrogen-bond donors (Lipinski definition) is 3. The van der Waals surface area contributed by atoms with E-state index in [4.69, 9.17) is 14.5 Å². The van der Waals surface area contributed by atoms with E-state index < -0.39 is 15.2 Å². The number of esters is 1. The minimum Gasteiger partial charge on any atom is -0.405 e. The van der Waals surface area contributed by atoms with Crippen LogP contribution in [-0.2, 0) is 31.2 Å². The summed E-state index contributed by atoms with van der Waals surface area (Å²) in [7, 11) is -3.66. The van der Waals surface area contributed by atoms with Gasteiger partial charge in [-0.1, -0.05) is 34.6 Å². The third kappa shape index (κ3) is 19.2. The number of pyridine rings is 1. The standard InChI is InChI=1S/C15H22N3O6.C2H6O3S.C2H6/c1-15(2,3)9-13(19)23-11-17-7-4-5-12(10-17)14(20)16-6-8-24-18(21)22;1-2-6(3,4)5;1-2/h4-5,7,10H,6,8-9,11H2,1-3H3,(H-,16,20,21,22);2H2,1H3,(H,3,4,5);1-2H3/q+1;;/p+1. The summed E-state index contributed by atoms with van der Waals surface area (Å²) in [6, 6.07) is 3.24. The number of amides is 1. The first-order chi connectivity index (χ1) is 14.7. The lowest BCUT2D eigenvalue weighted by Crippen LogP contribution is -2.38. The maximum atomic E-state index is 11.9. The van der Waals surface area contributed by atoms with Crippen molar-refractivity contribution in [2.24, 2.45) is 5.41 Å². The SMILES string of the molecule is CC.CC(C)(C)CC(=O)OC[n+]1cccc(C(=O)NCCO[N+](=O)O)c1.CCS(=O)(=O)O. The van der Waals surface area contributed by atoms with Crippen molar-refractivity contribution in [3.63, 3.8) is 0 Å². The summed E-state index contributed by atoms with van der Waals surface area (Å²) in [6.45, 7) is 11.1. The molecule has 1 aromatic heterocycles. The summed E-state index contributed by atoms with van der Waals surface area (Å²) in [6.07, 6.45) is 3.51. The molecule has 0 unspecified atom stereocenters. The molecule has 13 heteroatoms. The Morgan fingerprint density at radius 2 is 1.81 bits per heavy atom. The second-order valence-electron chi connectivity index (χ2n) is 7.19. The summed E-state index contributed by atoms with van der Waals surface area (Å²) in [5.74, 6) is -0.898. The smallest absolute Gasteiger partial charge is 0.405 e. The summed E-state index contributed by atoms with van der Waals surface area (Å²) >= 11 is 0. The highest BCUT2D eigenvalue weighted by atomic mass is 32.2. The van der Waals surface area contributed by atoms with E-state index in [-0.39, 0.29) is 42.9 Å². The molecular formula is C19H35N3O9S+2. The first-order valence-corrected chi connectivity index (χ1v) is 11.5. The predicted octanol–water partition coefficient (Wildman–Crippen LogP) is 1.66. The van der Waals surface area contributed by atoms with Crippen molar-refractivity contribution < 1.29 is 47.0 Å². The zero-order valence-electron chi connectivity index (χ0n) is 19.4. The maximum Gasteiger partial charge on any atom is 0.475 e. The van der Waals surface area contributed by atoms with Crippen molar-refractivity contribution in [2.45, 2.75) is 54.7 Å². The lowest BCUT2D eigenvalue weighted by molar-refractivity contribution is -0.975. The molecule has 0 aliphatic heterocycles. The molecule has 0 aliphatic rings. The molecule has 0 bridgehead atoms. The normalized spacial score (nSPS) is 10.5. The van der Waals surface area contributed by atoms with E-state index >= 15 is 0 Å². The van der Waals surface area contributed by atoms with Crippen molar-refractivity contribution >= 4 is 22.0 Å². The van der Waals surface area contributed by atoms with Gasteiger partial charge < -0.3 is 10.1 Å². The number of nitrogens with one attached hydrogen (secondary N) is 1. The number of rotatable bonds is 9. The van der Waals surface area contributed by atoms with Crippen LogP contribution in [0.15, 0.2) is 24.5 Å². The number of aromatic nitrogens is 1. The van der Waals surface area contributed by atoms with Crippen LogP contribution < -0.4 is 9.88 Å². The fourth-order valence-electron chi connectivity index (χ4n) is 1.76. The molecule has 1 heterocycles. The van der Waals surface area contributed by atoms with Gasteiger partial charge in [0.25, 0.3) is 22.8 Å². The van der Waals surface area contributed by atoms with Gasteiger partial charge >= 0.3 is 11.1 Å². The van der Waals surface area contributed by atoms with E-state index in [1.165, 1.54) is 13.1 Å². The molecule has 12 nitrogen and oxygen atoms in total. The Morgan fingerprint density at radius 1 is 1.25 bits per heavy atom. The Labute approximate surface area is 188 Å². The second-order valence-corrected chi connectivity index (χ2v) is 8.93. The molecule has 0 radical (unpaired) electrons. The minimum absolute atomic E-state index is 0.00873. The van der Waals surface area contributed by atoms with Gasteiger partial charge in [-0.05, 0) is 18.4 Å². The van der Waals surface area contributed by atoms with E-state index in [9.17, 15) is 22.9 Å². The van der Waals surface area contributed by atoms with Gasteiger partial charge in [0.05, 0.1) is 18.7 Å². The predicted molar refractivity (Wildman–Crippen MR) is 114 cm³/mol. The topological polar surface area (TPSA) is 163 Å². The van der Waals surface area contributed by atoms with Crippen LogP contribution in [0.4, 0.5) is 0 Å². The molecule has 0 spiro atoms. The van der Waals surface area contributed by atoms with Gasteiger partial charge in [-0.15, -0.1) is 0 Å². The average molecular weight is 482 g/mol.